The highest BCUT2D eigenvalue weighted by molar-refractivity contribution is 6.44. The van der Waals surface area contributed by atoms with Crippen molar-refractivity contribution in [3.05, 3.63) is 64.2 Å². The van der Waals surface area contributed by atoms with E-state index in [0.29, 0.717) is 39.5 Å². The van der Waals surface area contributed by atoms with Crippen molar-refractivity contribution >= 4 is 58.3 Å². The van der Waals surface area contributed by atoms with Crippen LogP contribution in [0.25, 0.3) is 0 Å². The summed E-state index contributed by atoms with van der Waals surface area (Å²) in [5.41, 5.74) is 1.65. The molecule has 194 valence electrons. The van der Waals surface area contributed by atoms with Crippen LogP contribution in [0.1, 0.15) is 18.4 Å². The summed E-state index contributed by atoms with van der Waals surface area (Å²) in [6.07, 6.45) is 5.42. The first-order valence-corrected chi connectivity index (χ1v) is 13.6. The van der Waals surface area contributed by atoms with Gasteiger partial charge in [-0.1, -0.05) is 41.4 Å². The van der Waals surface area contributed by atoms with Crippen molar-refractivity contribution in [2.75, 3.05) is 16.3 Å². The average Bonchev–Trinajstić information content (AvgIpc) is 3.57. The maximum Gasteiger partial charge on any atom is 0.316 e. The van der Waals surface area contributed by atoms with E-state index in [0.717, 1.165) is 6.42 Å². The lowest BCUT2D eigenvalue weighted by Gasteiger charge is -2.37. The van der Waals surface area contributed by atoms with Crippen LogP contribution in [0.5, 0.6) is 5.75 Å². The Morgan fingerprint density at radius 1 is 0.947 bits per heavy atom. The molecule has 7 nitrogen and oxygen atoms in total. The quantitative estimate of drug-likeness (QED) is 0.236. The predicted octanol–water partition coefficient (Wildman–Crippen LogP) is 4.82. The van der Waals surface area contributed by atoms with E-state index in [2.05, 4.69) is 12.2 Å². The van der Waals surface area contributed by atoms with Gasteiger partial charge in [0.1, 0.15) is 5.75 Å². The van der Waals surface area contributed by atoms with Crippen molar-refractivity contribution in [2.45, 2.75) is 19.8 Å². The number of benzene rings is 2. The van der Waals surface area contributed by atoms with E-state index in [1.165, 1.54) is 9.80 Å². The number of esters is 1. The van der Waals surface area contributed by atoms with Crippen LogP contribution in [-0.2, 0) is 19.2 Å². The van der Waals surface area contributed by atoms with E-state index in [1.807, 2.05) is 0 Å². The van der Waals surface area contributed by atoms with E-state index in [-0.39, 0.29) is 59.4 Å². The molecule has 2 aromatic carbocycles. The predicted molar refractivity (Wildman–Crippen MR) is 141 cm³/mol. The second-order valence-electron chi connectivity index (χ2n) is 11.0. The first-order valence-electron chi connectivity index (χ1n) is 12.9. The highest BCUT2D eigenvalue weighted by Crippen LogP contribution is 2.65. The van der Waals surface area contributed by atoms with E-state index >= 15 is 0 Å². The van der Waals surface area contributed by atoms with Gasteiger partial charge in [0.25, 0.3) is 0 Å². The maximum absolute atomic E-state index is 13.4. The SMILES string of the molecule is Cc1cc(OC(=O)[C@@H]2CC(=O)N(c3cccc(Cl)c3Cl)C2)ccc1N1C(=O)[C@@H]2[C@H]3C=C[C@@H]([C@@H]4C[C@@H]34)[C@H]2C1=O. The minimum atomic E-state index is -0.670. The number of anilines is 2. The molecule has 8 rings (SSSR count). The fourth-order valence-corrected chi connectivity index (χ4v) is 7.53. The number of allylic oxidation sites excluding steroid dienone is 2. The van der Waals surface area contributed by atoms with Gasteiger partial charge in [0.2, 0.25) is 17.7 Å². The van der Waals surface area contributed by atoms with Crippen molar-refractivity contribution < 1.29 is 23.9 Å². The minimum Gasteiger partial charge on any atom is -0.426 e. The van der Waals surface area contributed by atoms with Crippen molar-refractivity contribution in [3.8, 4) is 5.75 Å². The molecule has 6 aliphatic rings. The van der Waals surface area contributed by atoms with Crippen LogP contribution < -0.4 is 14.5 Å². The Morgan fingerprint density at radius 2 is 1.63 bits per heavy atom. The fraction of sp³-hybridized carbons (Fsp3) is 0.379. The molecule has 0 radical (unpaired) electrons. The van der Waals surface area contributed by atoms with Crippen LogP contribution in [0.4, 0.5) is 11.4 Å². The number of nitrogens with zero attached hydrogens (tertiary/aromatic N) is 2. The summed E-state index contributed by atoms with van der Waals surface area (Å²) < 4.78 is 5.62. The molecule has 7 atom stereocenters. The first kappa shape index (κ1) is 23.9. The van der Waals surface area contributed by atoms with Gasteiger partial charge in [0, 0.05) is 13.0 Å². The molecule has 9 heteroatoms. The molecule has 2 aliphatic heterocycles. The Labute approximate surface area is 229 Å². The summed E-state index contributed by atoms with van der Waals surface area (Å²) in [5.74, 6) is -0.535. The number of amides is 3. The minimum absolute atomic E-state index is 0.00332. The zero-order valence-electron chi connectivity index (χ0n) is 20.5. The lowest BCUT2D eigenvalue weighted by molar-refractivity contribution is -0.139. The van der Waals surface area contributed by atoms with Gasteiger partial charge in [-0.3, -0.25) is 19.2 Å². The van der Waals surface area contributed by atoms with Gasteiger partial charge in [0.15, 0.2) is 0 Å². The molecule has 2 bridgehead atoms. The number of imide groups is 1. The second-order valence-corrected chi connectivity index (χ2v) is 11.8. The van der Waals surface area contributed by atoms with Crippen molar-refractivity contribution in [1.82, 2.24) is 0 Å². The molecule has 3 amide bonds. The normalized spacial score (nSPS) is 32.6. The van der Waals surface area contributed by atoms with Crippen molar-refractivity contribution in [1.29, 1.82) is 0 Å². The Kier molecular flexibility index (Phi) is 5.30. The van der Waals surface area contributed by atoms with Gasteiger partial charge < -0.3 is 9.64 Å². The number of hydrogen-bond acceptors (Lipinski definition) is 5. The van der Waals surface area contributed by atoms with Crippen LogP contribution in [0.15, 0.2) is 48.6 Å². The molecule has 2 saturated heterocycles. The number of carbonyl (C=O) groups excluding carboxylic acids is 4. The third-order valence-electron chi connectivity index (χ3n) is 8.97. The van der Waals surface area contributed by atoms with Gasteiger partial charge in [-0.15, -0.1) is 0 Å². The maximum atomic E-state index is 13.4. The summed E-state index contributed by atoms with van der Waals surface area (Å²) in [6, 6.07) is 9.93. The van der Waals surface area contributed by atoms with E-state index < -0.39 is 11.9 Å². The van der Waals surface area contributed by atoms with Gasteiger partial charge in [-0.05, 0) is 72.9 Å². The van der Waals surface area contributed by atoms with E-state index in [9.17, 15) is 19.2 Å². The zero-order chi connectivity index (χ0) is 26.5. The fourth-order valence-electron chi connectivity index (χ4n) is 7.14. The molecule has 4 fully saturated rings. The van der Waals surface area contributed by atoms with Gasteiger partial charge in [-0.2, -0.15) is 0 Å². The van der Waals surface area contributed by atoms with Gasteiger partial charge >= 0.3 is 5.97 Å². The third kappa shape index (κ3) is 3.41. The highest BCUT2D eigenvalue weighted by Gasteiger charge is 2.67. The standard InChI is InChI=1S/C29H24Cl2N2O5/c1-13-9-15(38-29(37)14-10-23(34)32(12-14)22-4-2-3-20(30)26(22)31)5-8-21(13)33-27(35)24-16-6-7-17(19-11-18(16)19)25(24)28(33)36/h2-9,14,16-19,24-25H,10-12H2,1H3/t14-,16+,17+,18+,19+,24-,25-/m1/s1. The molecular weight excluding hydrogens is 527 g/mol. The van der Waals surface area contributed by atoms with Crippen LogP contribution >= 0.6 is 23.2 Å². The van der Waals surface area contributed by atoms with Crippen LogP contribution in [0, 0.1) is 48.3 Å². The van der Waals surface area contributed by atoms with Crippen LogP contribution in [0.3, 0.4) is 0 Å². The first-order chi connectivity index (χ1) is 18.2. The Bertz CT molecular complexity index is 1430. The number of ether oxygens (including phenoxy) is 1. The Morgan fingerprint density at radius 3 is 2.29 bits per heavy atom. The van der Waals surface area contributed by atoms with E-state index in [4.69, 9.17) is 27.9 Å². The molecule has 0 aromatic heterocycles. The summed E-state index contributed by atoms with van der Waals surface area (Å²) >= 11 is 12.4. The Hall–Kier alpha value is -3.16. The molecule has 4 aliphatic carbocycles. The van der Waals surface area contributed by atoms with Crippen LogP contribution in [-0.4, -0.2) is 30.2 Å². The molecule has 38 heavy (non-hydrogen) atoms. The smallest absolute Gasteiger partial charge is 0.316 e. The molecule has 2 saturated carbocycles. The molecule has 0 N–H and O–H groups in total. The number of hydrogen-bond donors (Lipinski definition) is 0. The zero-order valence-corrected chi connectivity index (χ0v) is 22.0. The van der Waals surface area contributed by atoms with Crippen molar-refractivity contribution in [2.24, 2.45) is 41.4 Å². The molecule has 0 unspecified atom stereocenters. The lowest BCUT2D eigenvalue weighted by Crippen LogP contribution is -2.40. The molecule has 2 heterocycles. The average molecular weight is 551 g/mol. The number of halogens is 2. The number of rotatable bonds is 4. The number of carbonyl (C=O) groups is 4. The Balaban J connectivity index is 1.07. The summed E-state index contributed by atoms with van der Waals surface area (Å²) in [4.78, 5) is 55.3. The monoisotopic (exact) mass is 550 g/mol. The van der Waals surface area contributed by atoms with E-state index in [1.54, 1.807) is 43.3 Å². The third-order valence-corrected chi connectivity index (χ3v) is 9.78. The number of aryl methyl sites for hydroxylation is 1. The summed E-state index contributed by atoms with van der Waals surface area (Å²) in [7, 11) is 0. The van der Waals surface area contributed by atoms with Crippen molar-refractivity contribution in [3.63, 3.8) is 0 Å². The molecule has 0 spiro atoms. The highest BCUT2D eigenvalue weighted by atomic mass is 35.5. The molecule has 2 aromatic rings. The van der Waals surface area contributed by atoms with Gasteiger partial charge in [-0.25, -0.2) is 4.90 Å². The van der Waals surface area contributed by atoms with Crippen LogP contribution in [0.2, 0.25) is 10.0 Å². The van der Waals surface area contributed by atoms with Gasteiger partial charge in [0.05, 0.1) is 39.2 Å². The lowest BCUT2D eigenvalue weighted by atomic mass is 9.63. The second kappa shape index (κ2) is 8.42. The summed E-state index contributed by atoms with van der Waals surface area (Å²) in [5, 5.41) is 0.586. The largest absolute Gasteiger partial charge is 0.426 e. The molecular formula is C29H24Cl2N2O5. The topological polar surface area (TPSA) is 84.0 Å². The summed E-state index contributed by atoms with van der Waals surface area (Å²) in [6.45, 7) is 1.92.